The van der Waals surface area contributed by atoms with E-state index in [1.54, 1.807) is 6.08 Å². The summed E-state index contributed by atoms with van der Waals surface area (Å²) in [6.45, 7) is 3.38. The van der Waals surface area contributed by atoms with Gasteiger partial charge in [-0.3, -0.25) is 4.79 Å². The monoisotopic (exact) mass is 236 g/mol. The van der Waals surface area contributed by atoms with E-state index in [-0.39, 0.29) is 5.78 Å². The molecule has 0 amide bonds. The molecule has 0 heterocycles. The van der Waals surface area contributed by atoms with Gasteiger partial charge in [0.2, 0.25) is 0 Å². The first-order valence-electron chi connectivity index (χ1n) is 3.82. The topological polar surface area (TPSA) is 17.1 Å². The van der Waals surface area contributed by atoms with Crippen molar-refractivity contribution in [3.05, 3.63) is 53.0 Å². The fourth-order valence-electron chi connectivity index (χ4n) is 0.857. The average Bonchev–Trinajstić information content (AvgIpc) is 2.14. The molecule has 13 heavy (non-hydrogen) atoms. The summed E-state index contributed by atoms with van der Waals surface area (Å²) < 4.78 is 1.00. The lowest BCUT2D eigenvalue weighted by Crippen LogP contribution is -1.82. The van der Waals surface area contributed by atoms with Crippen LogP contribution < -0.4 is 0 Å². The van der Waals surface area contributed by atoms with Gasteiger partial charge in [-0.25, -0.2) is 0 Å². The van der Waals surface area contributed by atoms with Crippen LogP contribution in [-0.4, -0.2) is 5.78 Å². The molecule has 0 saturated carbocycles. The Hall–Kier alpha value is -1.15. The van der Waals surface area contributed by atoms with Crippen LogP contribution in [-0.2, 0) is 4.79 Å². The van der Waals surface area contributed by atoms with Crippen molar-refractivity contribution < 1.29 is 4.79 Å². The SMILES string of the molecule is C=CC(=O)/C=C/c1cccc(Br)c1. The van der Waals surface area contributed by atoms with E-state index in [4.69, 9.17) is 0 Å². The quantitative estimate of drug-likeness (QED) is 0.737. The van der Waals surface area contributed by atoms with Crippen molar-refractivity contribution in [2.45, 2.75) is 0 Å². The number of ketones is 1. The Morgan fingerprint density at radius 2 is 2.23 bits per heavy atom. The van der Waals surface area contributed by atoms with Crippen molar-refractivity contribution in [2.75, 3.05) is 0 Å². The molecule has 0 saturated heterocycles. The van der Waals surface area contributed by atoms with E-state index in [9.17, 15) is 4.79 Å². The summed E-state index contributed by atoms with van der Waals surface area (Å²) in [5.41, 5.74) is 0.990. The Labute approximate surface area is 85.9 Å². The van der Waals surface area contributed by atoms with Gasteiger partial charge in [-0.15, -0.1) is 0 Å². The van der Waals surface area contributed by atoms with E-state index >= 15 is 0 Å². The number of rotatable bonds is 3. The molecular formula is C11H9BrO. The number of hydrogen-bond acceptors (Lipinski definition) is 1. The lowest BCUT2D eigenvalue weighted by atomic mass is 10.2. The normalized spacial score (nSPS) is 10.2. The third-order valence-electron chi connectivity index (χ3n) is 1.49. The van der Waals surface area contributed by atoms with Gasteiger partial charge < -0.3 is 0 Å². The highest BCUT2D eigenvalue weighted by Gasteiger charge is 1.89. The Morgan fingerprint density at radius 1 is 1.46 bits per heavy atom. The van der Waals surface area contributed by atoms with Crippen LogP contribution in [0.5, 0.6) is 0 Å². The van der Waals surface area contributed by atoms with Crippen LogP contribution in [0.3, 0.4) is 0 Å². The van der Waals surface area contributed by atoms with Crippen LogP contribution >= 0.6 is 15.9 Å². The van der Waals surface area contributed by atoms with Crippen molar-refractivity contribution in [1.29, 1.82) is 0 Å². The van der Waals surface area contributed by atoms with Gasteiger partial charge in [0.1, 0.15) is 0 Å². The number of hydrogen-bond donors (Lipinski definition) is 0. The van der Waals surface area contributed by atoms with Gasteiger partial charge in [0.05, 0.1) is 0 Å². The molecule has 0 radical (unpaired) electrons. The molecule has 1 aromatic rings. The van der Waals surface area contributed by atoms with Crippen LogP contribution in [0.15, 0.2) is 47.5 Å². The van der Waals surface area contributed by atoms with E-state index in [0.717, 1.165) is 10.0 Å². The molecule has 0 N–H and O–H groups in total. The zero-order chi connectivity index (χ0) is 9.68. The average molecular weight is 237 g/mol. The van der Waals surface area contributed by atoms with Gasteiger partial charge in [0.25, 0.3) is 0 Å². The predicted octanol–water partition coefficient (Wildman–Crippen LogP) is 3.22. The maximum Gasteiger partial charge on any atom is 0.178 e. The van der Waals surface area contributed by atoms with Crippen molar-refractivity contribution in [1.82, 2.24) is 0 Å². The minimum Gasteiger partial charge on any atom is -0.290 e. The van der Waals surface area contributed by atoms with E-state index in [0.29, 0.717) is 0 Å². The summed E-state index contributed by atoms with van der Waals surface area (Å²) in [5.74, 6) is -0.0834. The standard InChI is InChI=1S/C11H9BrO/c1-2-11(13)7-6-9-4-3-5-10(12)8-9/h2-8H,1H2/b7-6+. The second-order valence-electron chi connectivity index (χ2n) is 2.49. The van der Waals surface area contributed by atoms with Crippen LogP contribution in [0.4, 0.5) is 0 Å². The Bertz CT molecular complexity index is 353. The molecule has 0 atom stereocenters. The van der Waals surface area contributed by atoms with Crippen LogP contribution in [0.2, 0.25) is 0 Å². The predicted molar refractivity (Wildman–Crippen MR) is 58.4 cm³/mol. The number of carbonyl (C=O) groups excluding carboxylic acids is 1. The molecular weight excluding hydrogens is 228 g/mol. The molecule has 1 nitrogen and oxygen atoms in total. The lowest BCUT2D eigenvalue weighted by Gasteiger charge is -1.92. The molecule has 0 aliphatic rings. The highest BCUT2D eigenvalue weighted by Crippen LogP contribution is 2.12. The number of allylic oxidation sites excluding steroid dienone is 2. The molecule has 0 aliphatic carbocycles. The molecule has 1 rings (SSSR count). The molecule has 66 valence electrons. The van der Waals surface area contributed by atoms with E-state index in [1.165, 1.54) is 12.2 Å². The van der Waals surface area contributed by atoms with Gasteiger partial charge in [0, 0.05) is 4.47 Å². The zero-order valence-electron chi connectivity index (χ0n) is 7.03. The van der Waals surface area contributed by atoms with E-state index < -0.39 is 0 Å². The highest BCUT2D eigenvalue weighted by atomic mass is 79.9. The summed E-state index contributed by atoms with van der Waals surface area (Å²) in [6, 6.07) is 7.72. The zero-order valence-corrected chi connectivity index (χ0v) is 8.62. The number of benzene rings is 1. The smallest absolute Gasteiger partial charge is 0.178 e. The molecule has 0 fully saturated rings. The van der Waals surface area contributed by atoms with Crippen molar-refractivity contribution in [3.63, 3.8) is 0 Å². The van der Waals surface area contributed by atoms with E-state index in [2.05, 4.69) is 22.5 Å². The van der Waals surface area contributed by atoms with Crippen molar-refractivity contribution in [2.24, 2.45) is 0 Å². The molecule has 2 heteroatoms. The summed E-state index contributed by atoms with van der Waals surface area (Å²) in [4.78, 5) is 10.9. The van der Waals surface area contributed by atoms with Gasteiger partial charge >= 0.3 is 0 Å². The highest BCUT2D eigenvalue weighted by molar-refractivity contribution is 9.10. The largest absolute Gasteiger partial charge is 0.290 e. The van der Waals surface area contributed by atoms with Crippen molar-refractivity contribution >= 4 is 27.8 Å². The van der Waals surface area contributed by atoms with Crippen LogP contribution in [0.25, 0.3) is 6.08 Å². The lowest BCUT2D eigenvalue weighted by molar-refractivity contribution is -0.110. The molecule has 0 aliphatic heterocycles. The third kappa shape index (κ3) is 3.38. The minimum atomic E-state index is -0.0834. The first-order valence-corrected chi connectivity index (χ1v) is 4.62. The Kier molecular flexibility index (Phi) is 3.65. The molecule has 0 unspecified atom stereocenters. The minimum absolute atomic E-state index is 0.0834. The summed E-state index contributed by atoms with van der Waals surface area (Å²) in [6.07, 6.45) is 4.54. The van der Waals surface area contributed by atoms with Gasteiger partial charge in [-0.05, 0) is 29.8 Å². The molecule has 1 aromatic carbocycles. The summed E-state index contributed by atoms with van der Waals surface area (Å²) >= 11 is 3.35. The number of halogens is 1. The summed E-state index contributed by atoms with van der Waals surface area (Å²) in [5, 5.41) is 0. The number of carbonyl (C=O) groups is 1. The van der Waals surface area contributed by atoms with Gasteiger partial charge in [-0.1, -0.05) is 40.7 Å². The Balaban J connectivity index is 2.79. The van der Waals surface area contributed by atoms with Gasteiger partial charge in [-0.2, -0.15) is 0 Å². The first-order chi connectivity index (χ1) is 6.22. The van der Waals surface area contributed by atoms with E-state index in [1.807, 2.05) is 24.3 Å². The first kappa shape index (κ1) is 9.93. The fraction of sp³-hybridized carbons (Fsp3) is 0. The third-order valence-corrected chi connectivity index (χ3v) is 1.98. The molecule has 0 bridgehead atoms. The maximum absolute atomic E-state index is 10.9. The second-order valence-corrected chi connectivity index (χ2v) is 3.41. The maximum atomic E-state index is 10.9. The van der Waals surface area contributed by atoms with Gasteiger partial charge in [0.15, 0.2) is 5.78 Å². The van der Waals surface area contributed by atoms with Crippen LogP contribution in [0.1, 0.15) is 5.56 Å². The molecule has 0 aromatic heterocycles. The molecule has 0 spiro atoms. The van der Waals surface area contributed by atoms with Crippen molar-refractivity contribution in [3.8, 4) is 0 Å². The fourth-order valence-corrected chi connectivity index (χ4v) is 1.27. The van der Waals surface area contributed by atoms with Crippen LogP contribution in [0, 0.1) is 0 Å². The summed E-state index contributed by atoms with van der Waals surface area (Å²) in [7, 11) is 0. The Morgan fingerprint density at radius 3 is 2.85 bits per heavy atom. The second kappa shape index (κ2) is 4.77.